The van der Waals surface area contributed by atoms with E-state index in [2.05, 4.69) is 31.8 Å². The molecule has 3 aromatic carbocycles. The van der Waals surface area contributed by atoms with Gasteiger partial charge in [0.25, 0.3) is 11.8 Å². The zero-order valence-electron chi connectivity index (χ0n) is 18.3. The Bertz CT molecular complexity index is 1220. The summed E-state index contributed by atoms with van der Waals surface area (Å²) in [4.78, 5) is 24.4. The van der Waals surface area contributed by atoms with Gasteiger partial charge in [-0.1, -0.05) is 18.2 Å². The Labute approximate surface area is 203 Å². The first-order valence-corrected chi connectivity index (χ1v) is 10.7. The van der Waals surface area contributed by atoms with E-state index in [1.807, 2.05) is 0 Å². The van der Waals surface area contributed by atoms with E-state index in [-0.39, 0.29) is 18.0 Å². The smallest absolute Gasteiger partial charge is 0.271 e. The Morgan fingerprint density at radius 1 is 1.06 bits per heavy atom. The lowest BCUT2D eigenvalue weighted by atomic mass is 10.2. The molecule has 0 bridgehead atoms. The molecule has 0 aliphatic carbocycles. The fraction of sp³-hybridized carbons (Fsp3) is 0.125. The number of hydrogen-bond donors (Lipinski definition) is 2. The minimum atomic E-state index is -0.545. The number of hydrogen-bond acceptors (Lipinski definition) is 6. The third-order valence-electron chi connectivity index (χ3n) is 4.46. The highest BCUT2D eigenvalue weighted by Gasteiger charge is 2.14. The predicted octanol–water partition coefficient (Wildman–Crippen LogP) is 4.39. The second kappa shape index (κ2) is 11.8. The summed E-state index contributed by atoms with van der Waals surface area (Å²) >= 11 is 3.38. The topological polar surface area (TPSA) is 98.3 Å². The number of nitrogens with one attached hydrogen (secondary N) is 2. The monoisotopic (exact) mass is 529 g/mol. The lowest BCUT2D eigenvalue weighted by Gasteiger charge is -2.13. The number of carbonyl (C=O) groups is 2. The van der Waals surface area contributed by atoms with Gasteiger partial charge < -0.3 is 19.5 Å². The van der Waals surface area contributed by atoms with Crippen LogP contribution in [-0.2, 0) is 4.79 Å². The summed E-state index contributed by atoms with van der Waals surface area (Å²) < 4.78 is 30.2. The van der Waals surface area contributed by atoms with Gasteiger partial charge in [0.2, 0.25) is 0 Å². The van der Waals surface area contributed by atoms with E-state index in [4.69, 9.17) is 14.2 Å². The van der Waals surface area contributed by atoms with Crippen LogP contribution in [0.2, 0.25) is 0 Å². The quantitative estimate of drug-likeness (QED) is 0.316. The number of para-hydroxylation sites is 1. The number of anilines is 1. The van der Waals surface area contributed by atoms with Crippen LogP contribution in [0.1, 0.15) is 15.9 Å². The fourth-order valence-electron chi connectivity index (χ4n) is 2.84. The van der Waals surface area contributed by atoms with Crippen LogP contribution in [0.15, 0.2) is 70.2 Å². The van der Waals surface area contributed by atoms with Crippen molar-refractivity contribution >= 4 is 39.6 Å². The number of amides is 2. The molecule has 3 rings (SSSR count). The highest BCUT2D eigenvalue weighted by molar-refractivity contribution is 9.10. The number of hydrazone groups is 1. The van der Waals surface area contributed by atoms with Crippen LogP contribution in [0.3, 0.4) is 0 Å². The van der Waals surface area contributed by atoms with E-state index < -0.39 is 17.6 Å². The molecular formula is C24H21BrFN3O5. The van der Waals surface area contributed by atoms with Crippen molar-refractivity contribution in [1.29, 1.82) is 0 Å². The number of methoxy groups -OCH3 is 2. The second-order valence-electron chi connectivity index (χ2n) is 6.78. The van der Waals surface area contributed by atoms with E-state index in [1.165, 1.54) is 38.6 Å². The van der Waals surface area contributed by atoms with Crippen LogP contribution < -0.4 is 25.0 Å². The van der Waals surface area contributed by atoms with Gasteiger partial charge in [-0.2, -0.15) is 5.10 Å². The minimum absolute atomic E-state index is 0.0599. The average Bonchev–Trinajstić information content (AvgIpc) is 2.84. The van der Waals surface area contributed by atoms with Crippen molar-refractivity contribution in [2.45, 2.75) is 0 Å². The third-order valence-corrected chi connectivity index (χ3v) is 5.05. The molecule has 0 saturated heterocycles. The van der Waals surface area contributed by atoms with E-state index in [0.717, 1.165) is 0 Å². The first kappa shape index (κ1) is 24.7. The maximum atomic E-state index is 13.7. The van der Waals surface area contributed by atoms with Crippen molar-refractivity contribution in [1.82, 2.24) is 5.43 Å². The lowest BCUT2D eigenvalue weighted by Crippen LogP contribution is -2.21. The van der Waals surface area contributed by atoms with Crippen LogP contribution in [0.5, 0.6) is 17.2 Å². The van der Waals surface area contributed by atoms with Gasteiger partial charge in [0, 0.05) is 5.56 Å². The molecule has 3 aromatic rings. The van der Waals surface area contributed by atoms with E-state index in [9.17, 15) is 14.0 Å². The number of carbonyl (C=O) groups excluding carboxylic acids is 2. The number of nitrogens with zero attached hydrogens (tertiary/aromatic N) is 1. The molecule has 0 aliphatic heterocycles. The van der Waals surface area contributed by atoms with Gasteiger partial charge in [0.05, 0.1) is 30.6 Å². The van der Waals surface area contributed by atoms with Crippen molar-refractivity contribution in [3.05, 3.63) is 82.1 Å². The molecule has 0 aromatic heterocycles. The largest absolute Gasteiger partial charge is 0.497 e. The molecule has 176 valence electrons. The molecule has 0 spiro atoms. The Morgan fingerprint density at radius 2 is 1.85 bits per heavy atom. The van der Waals surface area contributed by atoms with E-state index in [0.29, 0.717) is 27.1 Å². The fourth-order valence-corrected chi connectivity index (χ4v) is 3.41. The van der Waals surface area contributed by atoms with Gasteiger partial charge in [0.15, 0.2) is 18.1 Å². The van der Waals surface area contributed by atoms with Gasteiger partial charge in [0.1, 0.15) is 11.6 Å². The van der Waals surface area contributed by atoms with Gasteiger partial charge in [-0.3, -0.25) is 9.59 Å². The molecule has 10 heteroatoms. The standard InChI is InChI=1S/C24H21BrFN3O5/c1-32-17-7-5-6-16(12-17)24(31)29-27-13-15-10-18(25)23(21(11-15)33-2)34-14-22(30)28-20-9-4-3-8-19(20)26/h3-13H,14H2,1-2H3,(H,28,30)(H,29,31)/b27-13+. The molecular weight excluding hydrogens is 509 g/mol. The molecule has 0 atom stereocenters. The summed E-state index contributed by atoms with van der Waals surface area (Å²) in [6.45, 7) is -0.368. The molecule has 0 fully saturated rings. The SMILES string of the molecule is COc1cccc(C(=O)N/N=C/c2cc(Br)c(OCC(=O)Nc3ccccc3F)c(OC)c2)c1. The first-order valence-electron chi connectivity index (χ1n) is 9.93. The van der Waals surface area contributed by atoms with Gasteiger partial charge >= 0.3 is 0 Å². The Balaban J connectivity index is 1.64. The highest BCUT2D eigenvalue weighted by atomic mass is 79.9. The van der Waals surface area contributed by atoms with Crippen molar-refractivity contribution in [2.24, 2.45) is 5.10 Å². The molecule has 2 amide bonds. The zero-order valence-corrected chi connectivity index (χ0v) is 19.9. The van der Waals surface area contributed by atoms with Gasteiger partial charge in [-0.25, -0.2) is 9.82 Å². The van der Waals surface area contributed by atoms with Crippen molar-refractivity contribution < 1.29 is 28.2 Å². The maximum absolute atomic E-state index is 13.7. The Kier molecular flexibility index (Phi) is 8.58. The van der Waals surface area contributed by atoms with Crippen LogP contribution in [0.4, 0.5) is 10.1 Å². The van der Waals surface area contributed by atoms with Crippen molar-refractivity contribution in [3.63, 3.8) is 0 Å². The minimum Gasteiger partial charge on any atom is -0.497 e. The number of rotatable bonds is 9. The van der Waals surface area contributed by atoms with Crippen LogP contribution in [0, 0.1) is 5.82 Å². The van der Waals surface area contributed by atoms with Crippen molar-refractivity contribution in [3.8, 4) is 17.2 Å². The molecule has 8 nitrogen and oxygen atoms in total. The molecule has 2 N–H and O–H groups in total. The molecule has 34 heavy (non-hydrogen) atoms. The summed E-state index contributed by atoms with van der Waals surface area (Å²) in [6, 6.07) is 15.8. The third kappa shape index (κ3) is 6.55. The summed E-state index contributed by atoms with van der Waals surface area (Å²) in [5.74, 6) is -0.315. The van der Waals surface area contributed by atoms with E-state index >= 15 is 0 Å². The van der Waals surface area contributed by atoms with E-state index in [1.54, 1.807) is 42.5 Å². The molecule has 0 unspecified atom stereocenters. The average molecular weight is 530 g/mol. The summed E-state index contributed by atoms with van der Waals surface area (Å²) in [5, 5.41) is 6.41. The molecule has 0 radical (unpaired) electrons. The van der Waals surface area contributed by atoms with Gasteiger partial charge in [-0.05, 0) is 64.0 Å². The summed E-state index contributed by atoms with van der Waals surface area (Å²) in [5.41, 5.74) is 3.49. The zero-order chi connectivity index (χ0) is 24.5. The molecule has 0 saturated carbocycles. The highest BCUT2D eigenvalue weighted by Crippen LogP contribution is 2.36. The molecule has 0 aliphatic rings. The Hall–Kier alpha value is -3.92. The number of ether oxygens (including phenoxy) is 3. The summed E-state index contributed by atoms with van der Waals surface area (Å²) in [6.07, 6.45) is 1.43. The van der Waals surface area contributed by atoms with Crippen molar-refractivity contribution in [2.75, 3.05) is 26.1 Å². The number of benzene rings is 3. The molecule has 0 heterocycles. The maximum Gasteiger partial charge on any atom is 0.271 e. The lowest BCUT2D eigenvalue weighted by molar-refractivity contribution is -0.118. The summed E-state index contributed by atoms with van der Waals surface area (Å²) in [7, 11) is 2.96. The van der Waals surface area contributed by atoms with Crippen LogP contribution >= 0.6 is 15.9 Å². The first-order chi connectivity index (χ1) is 16.4. The number of halogens is 2. The van der Waals surface area contributed by atoms with Crippen LogP contribution in [-0.4, -0.2) is 38.9 Å². The normalized spacial score (nSPS) is 10.6. The van der Waals surface area contributed by atoms with Gasteiger partial charge in [-0.15, -0.1) is 0 Å². The predicted molar refractivity (Wildman–Crippen MR) is 129 cm³/mol. The van der Waals surface area contributed by atoms with Crippen LogP contribution in [0.25, 0.3) is 0 Å². The Morgan fingerprint density at radius 3 is 2.59 bits per heavy atom. The second-order valence-corrected chi connectivity index (χ2v) is 7.64.